The second-order valence-corrected chi connectivity index (χ2v) is 18.2. The number of aromatic carboxylic acids is 1. The molecule has 0 bridgehead atoms. The van der Waals surface area contributed by atoms with E-state index in [9.17, 15) is 47.0 Å². The number of nitrogens with zero attached hydrogens (tertiary/aromatic N) is 2. The molecule has 75 heavy (non-hydrogen) atoms. The molecule has 2 amide bonds. The summed E-state index contributed by atoms with van der Waals surface area (Å²) in [6, 6.07) is 17.9. The number of carbonyl (C=O) groups excluding carboxylic acids is 3. The molecule has 23 heteroatoms. The zero-order valence-corrected chi connectivity index (χ0v) is 40.7. The van der Waals surface area contributed by atoms with Gasteiger partial charge in [-0.05, 0) is 95.6 Å². The van der Waals surface area contributed by atoms with Crippen LogP contribution in [0.15, 0.2) is 109 Å². The summed E-state index contributed by atoms with van der Waals surface area (Å²) in [5.41, 5.74) is -10.8. The molecule has 0 spiro atoms. The summed E-state index contributed by atoms with van der Waals surface area (Å²) in [6.45, 7) is 1.06. The normalized spacial score (nSPS) is 16.0. The van der Waals surface area contributed by atoms with Crippen molar-refractivity contribution in [3.8, 4) is 34.5 Å². The maximum absolute atomic E-state index is 16.2. The number of rotatable bonds is 13. The number of esters is 1. The Balaban J connectivity index is 1.12. The Kier molecular flexibility index (Phi) is 14.2. The topological polar surface area (TPSA) is 161 Å². The van der Waals surface area contributed by atoms with Crippen molar-refractivity contribution in [2.75, 3.05) is 37.1 Å². The monoisotopic (exact) mass is 1090 g/mol. The number of carbonyl (C=O) groups is 4. The number of carboxylic acid groups (broad SMARTS) is 1. The molecule has 8 rings (SSSR count). The molecule has 2 aliphatic heterocycles. The summed E-state index contributed by atoms with van der Waals surface area (Å²) in [5, 5.41) is 19.9. The third-order valence-electron chi connectivity index (χ3n) is 13.0. The van der Waals surface area contributed by atoms with Crippen LogP contribution in [0.2, 0.25) is 10.0 Å². The van der Waals surface area contributed by atoms with Crippen molar-refractivity contribution in [3.63, 3.8) is 0 Å². The number of fused-ring (bicyclic) bond motifs is 2. The summed E-state index contributed by atoms with van der Waals surface area (Å²) in [6.07, 6.45) is -10.9. The van der Waals surface area contributed by atoms with Gasteiger partial charge >= 0.3 is 24.3 Å². The van der Waals surface area contributed by atoms with Gasteiger partial charge in [0.2, 0.25) is 5.60 Å². The molecule has 392 valence electrons. The van der Waals surface area contributed by atoms with Crippen LogP contribution >= 0.6 is 23.2 Å². The smallest absolute Gasteiger partial charge is 0.433 e. The average molecular weight is 1090 g/mol. The zero-order chi connectivity index (χ0) is 54.7. The first-order valence-corrected chi connectivity index (χ1v) is 22.9. The molecule has 6 aromatic rings. The molecule has 4 unspecified atom stereocenters. The Hall–Kier alpha value is -7.62. The van der Waals surface area contributed by atoms with Crippen molar-refractivity contribution in [1.82, 2.24) is 0 Å². The molecule has 2 aliphatic rings. The third-order valence-corrected chi connectivity index (χ3v) is 13.6. The lowest BCUT2D eigenvalue weighted by Crippen LogP contribution is -2.50. The van der Waals surface area contributed by atoms with Gasteiger partial charge in [0.25, 0.3) is 11.8 Å². The van der Waals surface area contributed by atoms with Gasteiger partial charge in [0.05, 0.1) is 22.5 Å². The zero-order valence-electron chi connectivity index (χ0n) is 39.2. The van der Waals surface area contributed by atoms with Crippen molar-refractivity contribution in [2.24, 2.45) is 0 Å². The number of carboxylic acids is 1. The van der Waals surface area contributed by atoms with Gasteiger partial charge in [-0.25, -0.2) is 18.4 Å². The van der Waals surface area contributed by atoms with Gasteiger partial charge in [-0.15, -0.1) is 0 Å². The minimum atomic E-state index is -5.57. The Morgan fingerprint density at radius 1 is 0.600 bits per heavy atom. The largest absolute Gasteiger partial charge is 0.482 e. The van der Waals surface area contributed by atoms with Crippen LogP contribution in [0.3, 0.4) is 0 Å². The molecule has 4 atom stereocenters. The standard InChI is InChI=1S/C52H38Cl2F8N2O11/c1-25(49(70,51(57,58)59)27-5-15-41-43(17-27)71-23-45(65)63(41)3)33-11-7-30(20-37(33)53)73-29-10-14-39(55)36(19-29)48(69)75-50(52(60,61)62,28-6-16-42-44(18-28)72-24-46(66)64(42)4)26(2)34-12-8-31(21-38(34)54)74-32-9-13-35(47(67)68)40(56)22-32/h5-22,25-26,70H,23-24H2,1-4H3,(H,67,68). The minimum Gasteiger partial charge on any atom is -0.482 e. The highest BCUT2D eigenvalue weighted by molar-refractivity contribution is 6.32. The molecule has 13 nitrogen and oxygen atoms in total. The van der Waals surface area contributed by atoms with Gasteiger partial charge < -0.3 is 43.7 Å². The van der Waals surface area contributed by atoms with Crippen LogP contribution in [0.5, 0.6) is 34.5 Å². The van der Waals surface area contributed by atoms with Gasteiger partial charge in [-0.1, -0.05) is 61.3 Å². The van der Waals surface area contributed by atoms with E-state index >= 15 is 17.6 Å². The average Bonchev–Trinajstić information content (AvgIpc) is 3.35. The van der Waals surface area contributed by atoms with Crippen LogP contribution in [0.1, 0.15) is 68.7 Å². The molecule has 0 saturated carbocycles. The molecule has 6 aromatic carbocycles. The van der Waals surface area contributed by atoms with E-state index < -0.39 is 111 Å². The predicted molar refractivity (Wildman–Crippen MR) is 253 cm³/mol. The molecule has 2 heterocycles. The fraction of sp³-hybridized carbons (Fsp3) is 0.231. The number of ether oxygens (including phenoxy) is 5. The first-order valence-electron chi connectivity index (χ1n) is 22.1. The molecule has 0 radical (unpaired) electrons. The van der Waals surface area contributed by atoms with E-state index in [4.69, 9.17) is 46.9 Å². The highest BCUT2D eigenvalue weighted by Crippen LogP contribution is 2.56. The van der Waals surface area contributed by atoms with E-state index in [1.54, 1.807) is 0 Å². The van der Waals surface area contributed by atoms with Crippen LogP contribution < -0.4 is 28.7 Å². The molecular formula is C52H38Cl2F8N2O11. The summed E-state index contributed by atoms with van der Waals surface area (Å²) in [4.78, 5) is 52.4. The fourth-order valence-corrected chi connectivity index (χ4v) is 9.43. The number of amides is 2. The number of likely N-dealkylation sites (N-methyl/N-ethyl adjacent to an activating group) is 2. The van der Waals surface area contributed by atoms with Gasteiger partial charge in [0.1, 0.15) is 46.1 Å². The van der Waals surface area contributed by atoms with E-state index in [0.717, 1.165) is 110 Å². The lowest BCUT2D eigenvalue weighted by atomic mass is 9.77. The van der Waals surface area contributed by atoms with Crippen molar-refractivity contribution in [1.29, 1.82) is 0 Å². The summed E-state index contributed by atoms with van der Waals surface area (Å²) in [5.74, 6) is -12.0. The van der Waals surface area contributed by atoms with Gasteiger partial charge in [0.15, 0.2) is 18.8 Å². The Morgan fingerprint density at radius 3 is 1.56 bits per heavy atom. The van der Waals surface area contributed by atoms with E-state index in [-0.39, 0.29) is 62.0 Å². The number of alkyl halides is 6. The first kappa shape index (κ1) is 53.7. The number of hydrogen-bond donors (Lipinski definition) is 2. The molecular weight excluding hydrogens is 1050 g/mol. The van der Waals surface area contributed by atoms with Crippen molar-refractivity contribution in [2.45, 2.75) is 49.2 Å². The van der Waals surface area contributed by atoms with E-state index in [2.05, 4.69) is 0 Å². The lowest BCUT2D eigenvalue weighted by Gasteiger charge is -2.41. The Labute approximate surface area is 430 Å². The number of aliphatic hydroxyl groups is 1. The van der Waals surface area contributed by atoms with Gasteiger partial charge in [0, 0.05) is 47.6 Å². The van der Waals surface area contributed by atoms with Crippen molar-refractivity contribution in [3.05, 3.63) is 164 Å². The highest BCUT2D eigenvalue weighted by Gasteiger charge is 2.64. The second-order valence-electron chi connectivity index (χ2n) is 17.3. The van der Waals surface area contributed by atoms with Crippen LogP contribution in [0, 0.1) is 11.6 Å². The van der Waals surface area contributed by atoms with Crippen LogP contribution in [-0.4, -0.2) is 73.6 Å². The first-order chi connectivity index (χ1) is 35.2. The molecule has 0 aliphatic carbocycles. The number of anilines is 2. The fourth-order valence-electron chi connectivity index (χ4n) is 8.77. The summed E-state index contributed by atoms with van der Waals surface area (Å²) >= 11 is 13.2. The Morgan fingerprint density at radius 2 is 1.07 bits per heavy atom. The number of benzene rings is 6. The Bertz CT molecular complexity index is 3300. The van der Waals surface area contributed by atoms with Crippen LogP contribution in [0.4, 0.5) is 46.5 Å². The van der Waals surface area contributed by atoms with Gasteiger partial charge in [-0.2, -0.15) is 26.3 Å². The van der Waals surface area contributed by atoms with E-state index in [0.29, 0.717) is 12.1 Å². The quantitative estimate of drug-likeness (QED) is 0.0836. The van der Waals surface area contributed by atoms with E-state index in [1.165, 1.54) is 25.1 Å². The maximum Gasteiger partial charge on any atom is 0.433 e. The molecule has 0 fully saturated rings. The number of hydrogen-bond acceptors (Lipinski definition) is 10. The second kappa shape index (κ2) is 19.9. The summed E-state index contributed by atoms with van der Waals surface area (Å²) < 4.78 is 152. The lowest BCUT2D eigenvalue weighted by molar-refractivity contribution is -0.274. The minimum absolute atomic E-state index is 0.0595. The predicted octanol–water partition coefficient (Wildman–Crippen LogP) is 12.2. The van der Waals surface area contributed by atoms with Crippen molar-refractivity contribution < 1.29 is 88.2 Å². The molecule has 2 N–H and O–H groups in total. The highest BCUT2D eigenvalue weighted by atomic mass is 35.5. The molecule has 0 aromatic heterocycles. The van der Waals surface area contributed by atoms with Crippen LogP contribution in [0.25, 0.3) is 0 Å². The van der Waals surface area contributed by atoms with Gasteiger partial charge in [-0.3, -0.25) is 9.59 Å². The number of halogens is 10. The third kappa shape index (κ3) is 9.82. The van der Waals surface area contributed by atoms with Crippen LogP contribution in [-0.2, 0) is 25.5 Å². The molecule has 0 saturated heterocycles. The summed E-state index contributed by atoms with van der Waals surface area (Å²) in [7, 11) is 2.76. The van der Waals surface area contributed by atoms with Crippen molar-refractivity contribution >= 4 is 58.3 Å². The SMILES string of the molecule is CC(c1ccc(Oc2ccc(F)c(C(=O)OC(c3ccc4c(c3)OCC(=O)N4C)(C(C)c3ccc(Oc4ccc(C(=O)O)c(F)c4)cc3Cl)C(F)(F)F)c2)cc1Cl)C(O)(c1ccc2c(c1)OCC(=O)N2C)C(F)(F)F. The van der Waals surface area contributed by atoms with E-state index in [1.807, 2.05) is 0 Å². The maximum atomic E-state index is 16.2.